The molecule has 3 aliphatic rings. The predicted molar refractivity (Wildman–Crippen MR) is 155 cm³/mol. The summed E-state index contributed by atoms with van der Waals surface area (Å²) in [5.74, 6) is 1.53. The topological polar surface area (TPSA) is 96.0 Å². The Bertz CT molecular complexity index is 1750. The van der Waals surface area contributed by atoms with Gasteiger partial charge >= 0.3 is 0 Å². The molecule has 1 atom stereocenters. The lowest BCUT2D eigenvalue weighted by Gasteiger charge is -2.18. The van der Waals surface area contributed by atoms with Gasteiger partial charge in [-0.2, -0.15) is 0 Å². The molecule has 212 valence electrons. The van der Waals surface area contributed by atoms with Gasteiger partial charge in [0.25, 0.3) is 5.91 Å². The zero-order valence-corrected chi connectivity index (χ0v) is 23.7. The summed E-state index contributed by atoms with van der Waals surface area (Å²) in [7, 11) is 1.88. The summed E-state index contributed by atoms with van der Waals surface area (Å²) < 4.78 is 19.3. The van der Waals surface area contributed by atoms with Gasteiger partial charge in [-0.3, -0.25) is 9.69 Å². The van der Waals surface area contributed by atoms with E-state index in [0.29, 0.717) is 54.3 Å². The molecule has 42 heavy (non-hydrogen) atoms. The van der Waals surface area contributed by atoms with Crippen LogP contribution in [0.2, 0.25) is 0 Å². The molecule has 1 saturated heterocycles. The van der Waals surface area contributed by atoms with E-state index < -0.39 is 5.79 Å². The summed E-state index contributed by atoms with van der Waals surface area (Å²) in [5.41, 5.74) is 5.66. The van der Waals surface area contributed by atoms with Gasteiger partial charge in [-0.1, -0.05) is 18.2 Å². The molecule has 0 bridgehead atoms. The Labute approximate surface area is 243 Å². The molecule has 10 heteroatoms. The number of hydrogen-bond acceptors (Lipinski definition) is 7. The Morgan fingerprint density at radius 3 is 2.67 bits per heavy atom. The first-order valence-corrected chi connectivity index (χ1v) is 14.1. The number of nitrogens with zero attached hydrogens (tertiary/aromatic N) is 6. The van der Waals surface area contributed by atoms with Gasteiger partial charge in [0.05, 0.1) is 19.7 Å². The van der Waals surface area contributed by atoms with Crippen LogP contribution in [0, 0.1) is 6.57 Å². The fourth-order valence-corrected chi connectivity index (χ4v) is 5.57. The number of aryl methyl sites for hydroxylation is 1. The van der Waals surface area contributed by atoms with Crippen molar-refractivity contribution in [3.05, 3.63) is 83.1 Å². The molecule has 0 unspecified atom stereocenters. The fraction of sp³-hybridized carbons (Fsp3) is 0.344. The third-order valence-corrected chi connectivity index (χ3v) is 7.89. The van der Waals surface area contributed by atoms with Crippen LogP contribution in [0.4, 0.5) is 11.5 Å². The lowest BCUT2D eigenvalue weighted by Crippen LogP contribution is -2.25. The molecule has 10 nitrogen and oxygen atoms in total. The van der Waals surface area contributed by atoms with Crippen LogP contribution < -0.4 is 9.64 Å². The highest BCUT2D eigenvalue weighted by molar-refractivity contribution is 6.10. The monoisotopic (exact) mass is 562 g/mol. The van der Waals surface area contributed by atoms with Gasteiger partial charge in [0.1, 0.15) is 30.6 Å². The second kappa shape index (κ2) is 10.0. The molecule has 2 fully saturated rings. The van der Waals surface area contributed by atoms with E-state index in [9.17, 15) is 4.79 Å². The van der Waals surface area contributed by atoms with Crippen LogP contribution in [-0.4, -0.2) is 50.8 Å². The van der Waals surface area contributed by atoms with Crippen LogP contribution in [0.1, 0.15) is 54.2 Å². The summed E-state index contributed by atoms with van der Waals surface area (Å²) >= 11 is 0. The molecular weight excluding hydrogens is 532 g/mol. The minimum Gasteiger partial charge on any atom is -0.491 e. The normalized spacial score (nSPS) is 19.1. The minimum atomic E-state index is -0.614. The van der Waals surface area contributed by atoms with Crippen molar-refractivity contribution >= 4 is 17.4 Å². The highest BCUT2D eigenvalue weighted by Crippen LogP contribution is 2.43. The second-order valence-electron chi connectivity index (χ2n) is 11.5. The maximum Gasteiger partial charge on any atom is 0.260 e. The first kappa shape index (κ1) is 26.3. The molecule has 2 aromatic carbocycles. The number of amides is 1. The van der Waals surface area contributed by atoms with E-state index in [1.54, 1.807) is 23.4 Å². The fourth-order valence-electron chi connectivity index (χ4n) is 5.57. The quantitative estimate of drug-likeness (QED) is 0.268. The molecule has 1 saturated carbocycles. The Hall–Kier alpha value is -4.59. The van der Waals surface area contributed by atoms with E-state index >= 15 is 0 Å². The van der Waals surface area contributed by atoms with Crippen LogP contribution in [0.5, 0.6) is 5.75 Å². The van der Waals surface area contributed by atoms with Crippen LogP contribution in [0.3, 0.4) is 0 Å². The van der Waals surface area contributed by atoms with Crippen molar-refractivity contribution in [3.63, 3.8) is 0 Å². The van der Waals surface area contributed by atoms with E-state index in [1.807, 2.05) is 55.8 Å². The van der Waals surface area contributed by atoms with Crippen molar-refractivity contribution in [2.24, 2.45) is 7.05 Å². The second-order valence-corrected chi connectivity index (χ2v) is 11.5. The Morgan fingerprint density at radius 2 is 1.95 bits per heavy atom. The third-order valence-electron chi connectivity index (χ3n) is 7.89. The molecule has 7 rings (SSSR count). The SMILES string of the molecule is [C-]#[N+]c1ccc(-c2cc(C3CC3)nc(N3Cc4ccc(OC[C@H]5COC(C)(C)O5)cc4C3=O)c2)c(-c2nncn2C)c1. The number of carbonyl (C=O) groups excluding carboxylic acids is 1. The van der Waals surface area contributed by atoms with Crippen LogP contribution in [0.25, 0.3) is 27.4 Å². The number of aromatic nitrogens is 4. The molecule has 4 aromatic rings. The average Bonchev–Trinajstić information content (AvgIpc) is 3.55. The smallest absolute Gasteiger partial charge is 0.260 e. The van der Waals surface area contributed by atoms with Crippen molar-refractivity contribution in [1.29, 1.82) is 0 Å². The lowest BCUT2D eigenvalue weighted by atomic mass is 9.97. The largest absolute Gasteiger partial charge is 0.491 e. The number of rotatable bonds is 7. The Kier molecular flexibility index (Phi) is 6.30. The Balaban J connectivity index is 1.20. The first-order valence-electron chi connectivity index (χ1n) is 14.1. The van der Waals surface area contributed by atoms with E-state index in [4.69, 9.17) is 25.8 Å². The zero-order valence-electron chi connectivity index (χ0n) is 23.7. The van der Waals surface area contributed by atoms with Crippen molar-refractivity contribution in [2.75, 3.05) is 18.1 Å². The number of anilines is 1. The van der Waals surface area contributed by atoms with Crippen molar-refractivity contribution < 1.29 is 19.0 Å². The van der Waals surface area contributed by atoms with E-state index in [-0.39, 0.29) is 12.0 Å². The summed E-state index contributed by atoms with van der Waals surface area (Å²) in [6.07, 6.45) is 3.63. The molecule has 4 heterocycles. The van der Waals surface area contributed by atoms with Crippen molar-refractivity contribution in [2.45, 2.75) is 51.0 Å². The lowest BCUT2D eigenvalue weighted by molar-refractivity contribution is -0.141. The van der Waals surface area contributed by atoms with Crippen molar-refractivity contribution in [3.8, 4) is 28.3 Å². The third kappa shape index (κ3) is 4.91. The number of ether oxygens (including phenoxy) is 3. The van der Waals surface area contributed by atoms with Gasteiger partial charge in [0, 0.05) is 29.8 Å². The van der Waals surface area contributed by atoms with E-state index in [1.165, 1.54) is 0 Å². The molecule has 0 N–H and O–H groups in total. The Morgan fingerprint density at radius 1 is 1.10 bits per heavy atom. The van der Waals surface area contributed by atoms with E-state index in [0.717, 1.165) is 40.8 Å². The molecule has 0 spiro atoms. The van der Waals surface area contributed by atoms with E-state index in [2.05, 4.69) is 21.1 Å². The summed E-state index contributed by atoms with van der Waals surface area (Å²) in [6, 6.07) is 15.3. The van der Waals surface area contributed by atoms with Crippen LogP contribution in [-0.2, 0) is 23.1 Å². The number of pyridine rings is 1. The molecule has 1 amide bonds. The molecule has 0 radical (unpaired) electrons. The number of fused-ring (bicyclic) bond motifs is 1. The minimum absolute atomic E-state index is 0.111. The molecular formula is C32H30N6O4. The van der Waals surface area contributed by atoms with Gasteiger partial charge in [0.2, 0.25) is 0 Å². The average molecular weight is 563 g/mol. The number of benzene rings is 2. The zero-order chi connectivity index (χ0) is 29.0. The van der Waals surface area contributed by atoms with Crippen LogP contribution in [0.15, 0.2) is 54.9 Å². The predicted octanol–water partition coefficient (Wildman–Crippen LogP) is 5.66. The van der Waals surface area contributed by atoms with Crippen molar-refractivity contribution in [1.82, 2.24) is 19.7 Å². The summed E-state index contributed by atoms with van der Waals surface area (Å²) in [6.45, 7) is 12.5. The van der Waals surface area contributed by atoms with Gasteiger partial charge in [-0.25, -0.2) is 9.83 Å². The van der Waals surface area contributed by atoms with Gasteiger partial charge in [-0.15, -0.1) is 10.2 Å². The van der Waals surface area contributed by atoms with Gasteiger partial charge in [-0.05, 0) is 73.7 Å². The highest BCUT2D eigenvalue weighted by Gasteiger charge is 2.34. The highest BCUT2D eigenvalue weighted by atomic mass is 16.7. The maximum absolute atomic E-state index is 13.8. The maximum atomic E-state index is 13.8. The summed E-state index contributed by atoms with van der Waals surface area (Å²) in [5, 5.41) is 8.37. The molecule has 2 aromatic heterocycles. The standard InChI is InChI=1S/C32H30N6O4/c1-32(2)41-17-24(42-32)16-40-23-9-7-20-15-38(31(39)26(20)14-23)29-12-21(11-28(35-29)19-5-6-19)25-10-8-22(33-3)13-27(25)30-36-34-18-37(30)4/h7-14,18-19,24H,5-6,15-17H2,1-2,4H3/t24-/m0/s1. The van der Waals surface area contributed by atoms with Gasteiger partial charge in [0.15, 0.2) is 17.3 Å². The van der Waals surface area contributed by atoms with Gasteiger partial charge < -0.3 is 18.8 Å². The number of hydrogen-bond donors (Lipinski definition) is 0. The molecule has 1 aliphatic carbocycles. The van der Waals surface area contributed by atoms with Crippen LogP contribution >= 0.6 is 0 Å². The number of carbonyl (C=O) groups is 1. The summed E-state index contributed by atoms with van der Waals surface area (Å²) in [4.78, 5) is 24.1. The first-order chi connectivity index (χ1) is 20.3. The molecule has 2 aliphatic heterocycles.